The lowest BCUT2D eigenvalue weighted by Gasteiger charge is -2.29. The molecule has 1 saturated heterocycles. The van der Waals surface area contributed by atoms with Crippen molar-refractivity contribution in [3.05, 3.63) is 58.1 Å². The minimum Gasteiger partial charge on any atom is -0.496 e. The smallest absolute Gasteiger partial charge is 0.253 e. The Kier molecular flexibility index (Phi) is 7.85. The van der Waals surface area contributed by atoms with Crippen LogP contribution in [0.25, 0.3) is 0 Å². The van der Waals surface area contributed by atoms with Gasteiger partial charge in [0.1, 0.15) is 5.75 Å². The Bertz CT molecular complexity index is 1080. The Morgan fingerprint density at radius 3 is 2.50 bits per heavy atom. The first kappa shape index (κ1) is 24.6. The average molecular weight is 479 g/mol. The zero-order valence-corrected chi connectivity index (χ0v) is 20.6. The van der Waals surface area contributed by atoms with Gasteiger partial charge in [0.05, 0.1) is 28.6 Å². The van der Waals surface area contributed by atoms with Crippen molar-refractivity contribution >= 4 is 27.5 Å². The van der Waals surface area contributed by atoms with Gasteiger partial charge in [-0.3, -0.25) is 4.79 Å². The summed E-state index contributed by atoms with van der Waals surface area (Å²) >= 11 is 6.30. The predicted molar refractivity (Wildman–Crippen MR) is 127 cm³/mol. The van der Waals surface area contributed by atoms with E-state index >= 15 is 0 Å². The second kappa shape index (κ2) is 10.2. The van der Waals surface area contributed by atoms with Crippen molar-refractivity contribution in [2.75, 3.05) is 20.2 Å². The number of hydrogen-bond acceptors (Lipinski definition) is 4. The van der Waals surface area contributed by atoms with E-state index in [1.807, 2.05) is 32.0 Å². The molecular weight excluding hydrogens is 448 g/mol. The summed E-state index contributed by atoms with van der Waals surface area (Å²) in [5, 5.41) is 3.21. The van der Waals surface area contributed by atoms with Crippen LogP contribution in [0.4, 0.5) is 0 Å². The number of carbonyl (C=O) groups is 1. The predicted octanol–water partition coefficient (Wildman–Crippen LogP) is 4.96. The summed E-state index contributed by atoms with van der Waals surface area (Å²) in [6.45, 7) is 7.03. The average Bonchev–Trinajstić information content (AvgIpc) is 2.77. The molecule has 1 aliphatic heterocycles. The number of rotatable bonds is 7. The van der Waals surface area contributed by atoms with Crippen LogP contribution in [0.1, 0.15) is 60.6 Å². The molecule has 6 nitrogen and oxygen atoms in total. The Balaban J connectivity index is 1.84. The van der Waals surface area contributed by atoms with Gasteiger partial charge >= 0.3 is 0 Å². The highest BCUT2D eigenvalue weighted by Crippen LogP contribution is 2.28. The number of aryl methyl sites for hydroxylation is 1. The quantitative estimate of drug-likeness (QED) is 0.610. The Morgan fingerprint density at radius 2 is 1.91 bits per heavy atom. The highest BCUT2D eigenvalue weighted by molar-refractivity contribution is 7.89. The first-order chi connectivity index (χ1) is 15.2. The molecule has 8 heteroatoms. The van der Waals surface area contributed by atoms with Crippen LogP contribution in [0.2, 0.25) is 5.02 Å². The van der Waals surface area contributed by atoms with Gasteiger partial charge in [-0.1, -0.05) is 37.6 Å². The lowest BCUT2D eigenvalue weighted by atomic mass is 10.0. The van der Waals surface area contributed by atoms with Gasteiger partial charge in [0.15, 0.2) is 0 Å². The number of ether oxygens (including phenoxy) is 1. The molecule has 0 bridgehead atoms. The zero-order valence-electron chi connectivity index (χ0n) is 19.0. The number of amides is 1. The van der Waals surface area contributed by atoms with Crippen LogP contribution in [0.15, 0.2) is 41.3 Å². The van der Waals surface area contributed by atoms with Crippen molar-refractivity contribution in [1.29, 1.82) is 0 Å². The number of nitrogens with one attached hydrogen (secondary N) is 1. The Labute approximate surface area is 196 Å². The second-order valence-electron chi connectivity index (χ2n) is 8.39. The standard InChI is InChI=1S/C24H31ClN2O4S/c1-5-22(18-6-9-23(31-4)17(3)14-18)26-24(28)20-15-19(7-8-21(20)25)32(29,30)27-12-10-16(2)11-13-27/h6-9,14-16,22H,5,10-13H2,1-4H3,(H,26,28). The molecule has 0 aromatic heterocycles. The van der Waals surface area contributed by atoms with Crippen LogP contribution in [0, 0.1) is 12.8 Å². The summed E-state index contributed by atoms with van der Waals surface area (Å²) in [5.41, 5.74) is 2.07. The van der Waals surface area contributed by atoms with Gasteiger partial charge in [0.2, 0.25) is 10.0 Å². The normalized spacial score (nSPS) is 16.5. The maximum absolute atomic E-state index is 13.1. The monoisotopic (exact) mass is 478 g/mol. The Morgan fingerprint density at radius 1 is 1.22 bits per heavy atom. The molecule has 32 heavy (non-hydrogen) atoms. The topological polar surface area (TPSA) is 75.7 Å². The van der Waals surface area contributed by atoms with E-state index in [0.717, 1.165) is 29.7 Å². The first-order valence-electron chi connectivity index (χ1n) is 10.9. The van der Waals surface area contributed by atoms with Gasteiger partial charge in [-0.05, 0) is 67.5 Å². The molecule has 1 aliphatic rings. The molecule has 0 saturated carbocycles. The molecule has 174 valence electrons. The largest absolute Gasteiger partial charge is 0.496 e. The van der Waals surface area contributed by atoms with Gasteiger partial charge in [0, 0.05) is 13.1 Å². The number of carbonyl (C=O) groups excluding carboxylic acids is 1. The molecule has 1 heterocycles. The number of methoxy groups -OCH3 is 1. The van der Waals surface area contributed by atoms with Crippen molar-refractivity contribution in [2.45, 2.75) is 51.0 Å². The van der Waals surface area contributed by atoms with E-state index in [4.69, 9.17) is 16.3 Å². The van der Waals surface area contributed by atoms with E-state index in [2.05, 4.69) is 12.2 Å². The molecule has 1 fully saturated rings. The molecule has 0 spiro atoms. The zero-order chi connectivity index (χ0) is 23.5. The third kappa shape index (κ3) is 5.27. The molecule has 1 amide bonds. The van der Waals surface area contributed by atoms with Crippen LogP contribution in [-0.4, -0.2) is 38.8 Å². The van der Waals surface area contributed by atoms with Crippen molar-refractivity contribution in [3.8, 4) is 5.75 Å². The van der Waals surface area contributed by atoms with Crippen molar-refractivity contribution in [3.63, 3.8) is 0 Å². The summed E-state index contributed by atoms with van der Waals surface area (Å²) in [5.74, 6) is 0.892. The summed E-state index contributed by atoms with van der Waals surface area (Å²) < 4.78 is 33.0. The molecule has 2 aromatic rings. The summed E-state index contributed by atoms with van der Waals surface area (Å²) in [4.78, 5) is 13.2. The molecule has 1 atom stereocenters. The van der Waals surface area contributed by atoms with Crippen LogP contribution in [0.3, 0.4) is 0 Å². The number of benzene rings is 2. The number of halogens is 1. The number of sulfonamides is 1. The van der Waals surface area contributed by atoms with Crippen LogP contribution in [-0.2, 0) is 10.0 Å². The third-order valence-corrected chi connectivity index (χ3v) is 8.32. The number of hydrogen-bond donors (Lipinski definition) is 1. The highest BCUT2D eigenvalue weighted by atomic mass is 35.5. The van der Waals surface area contributed by atoms with E-state index < -0.39 is 15.9 Å². The summed E-state index contributed by atoms with van der Waals surface area (Å²) in [7, 11) is -2.06. The van der Waals surface area contributed by atoms with Crippen LogP contribution < -0.4 is 10.1 Å². The third-order valence-electron chi connectivity index (χ3n) is 6.10. The van der Waals surface area contributed by atoms with Gasteiger partial charge in [-0.25, -0.2) is 8.42 Å². The van der Waals surface area contributed by atoms with Crippen molar-refractivity contribution in [1.82, 2.24) is 9.62 Å². The van der Waals surface area contributed by atoms with Crippen LogP contribution in [0.5, 0.6) is 5.75 Å². The fourth-order valence-corrected chi connectivity index (χ4v) is 5.69. The number of piperidine rings is 1. The van der Waals surface area contributed by atoms with E-state index in [1.165, 1.54) is 22.5 Å². The second-order valence-corrected chi connectivity index (χ2v) is 10.7. The molecular formula is C24H31ClN2O4S. The van der Waals surface area contributed by atoms with E-state index in [-0.39, 0.29) is 21.5 Å². The maximum atomic E-state index is 13.1. The molecule has 1 N–H and O–H groups in total. The summed E-state index contributed by atoms with van der Waals surface area (Å²) in [6, 6.07) is 9.86. The molecule has 2 aromatic carbocycles. The van der Waals surface area contributed by atoms with Gasteiger partial charge in [-0.2, -0.15) is 4.31 Å². The van der Waals surface area contributed by atoms with Gasteiger partial charge in [0.25, 0.3) is 5.91 Å². The molecule has 0 aliphatic carbocycles. The highest BCUT2D eigenvalue weighted by Gasteiger charge is 2.29. The van der Waals surface area contributed by atoms with E-state index in [0.29, 0.717) is 25.4 Å². The maximum Gasteiger partial charge on any atom is 0.253 e. The molecule has 1 unspecified atom stereocenters. The first-order valence-corrected chi connectivity index (χ1v) is 12.7. The van der Waals surface area contributed by atoms with Crippen LogP contribution >= 0.6 is 11.6 Å². The Hall–Kier alpha value is -2.09. The fourth-order valence-electron chi connectivity index (χ4n) is 3.99. The minimum atomic E-state index is -3.68. The lowest BCUT2D eigenvalue weighted by Crippen LogP contribution is -2.38. The lowest BCUT2D eigenvalue weighted by molar-refractivity contribution is 0.0935. The summed E-state index contributed by atoms with van der Waals surface area (Å²) in [6.07, 6.45) is 2.33. The van der Waals surface area contributed by atoms with Gasteiger partial charge < -0.3 is 10.1 Å². The van der Waals surface area contributed by atoms with Crippen molar-refractivity contribution in [2.24, 2.45) is 5.92 Å². The fraction of sp³-hybridized carbons (Fsp3) is 0.458. The van der Waals surface area contributed by atoms with E-state index in [9.17, 15) is 13.2 Å². The van der Waals surface area contributed by atoms with Crippen molar-refractivity contribution < 1.29 is 17.9 Å². The number of nitrogens with zero attached hydrogens (tertiary/aromatic N) is 1. The van der Waals surface area contributed by atoms with Gasteiger partial charge in [-0.15, -0.1) is 0 Å². The minimum absolute atomic E-state index is 0.0925. The molecule has 0 radical (unpaired) electrons. The SMILES string of the molecule is CCC(NC(=O)c1cc(S(=O)(=O)N2CCC(C)CC2)ccc1Cl)c1ccc(OC)c(C)c1. The van der Waals surface area contributed by atoms with E-state index in [1.54, 1.807) is 7.11 Å². The molecule has 3 rings (SSSR count).